The predicted octanol–water partition coefficient (Wildman–Crippen LogP) is 0.720. The van der Waals surface area contributed by atoms with Crippen LogP contribution in [-0.4, -0.2) is 21.3 Å². The predicted molar refractivity (Wildman–Crippen MR) is 37.8 cm³/mol. The van der Waals surface area contributed by atoms with Crippen molar-refractivity contribution in [3.05, 3.63) is 0 Å². The lowest BCUT2D eigenvalue weighted by molar-refractivity contribution is 0.293. The molecule has 0 radical (unpaired) electrons. The van der Waals surface area contributed by atoms with Crippen molar-refractivity contribution in [1.82, 2.24) is 0 Å². The Bertz CT molecular complexity index is 110. The van der Waals surface area contributed by atoms with Gasteiger partial charge in [0.2, 0.25) is 0 Å². The van der Waals surface area contributed by atoms with E-state index < -0.39 is 0 Å². The highest BCUT2D eigenvalue weighted by molar-refractivity contribution is 6.54. The van der Waals surface area contributed by atoms with Crippen LogP contribution < -0.4 is 0 Å². The standard InChI is InChI=1S/C6H11BO2/c1-4-5-6-7(8-2)9-3/h4H2,1-3H3. The summed E-state index contributed by atoms with van der Waals surface area (Å²) in [4.78, 5) is 0. The first-order chi connectivity index (χ1) is 4.35. The van der Waals surface area contributed by atoms with E-state index in [1.165, 1.54) is 0 Å². The molecule has 0 aromatic heterocycles. The Balaban J connectivity index is 3.54. The maximum Gasteiger partial charge on any atom is 0.549 e. The number of hydrogen-bond donors (Lipinski definition) is 0. The molecule has 0 aliphatic heterocycles. The molecule has 0 N–H and O–H groups in total. The second kappa shape index (κ2) is 5.68. The Morgan fingerprint density at radius 1 is 1.33 bits per heavy atom. The molecule has 0 rings (SSSR count). The first-order valence-electron chi connectivity index (χ1n) is 2.89. The molecule has 0 aliphatic carbocycles. The van der Waals surface area contributed by atoms with E-state index in [0.717, 1.165) is 6.42 Å². The number of rotatable bonds is 2. The van der Waals surface area contributed by atoms with Crippen molar-refractivity contribution in [3.8, 4) is 11.7 Å². The number of hydrogen-bond acceptors (Lipinski definition) is 2. The SMILES string of the molecule is CCC#CB(OC)OC. The van der Waals surface area contributed by atoms with Gasteiger partial charge in [-0.3, -0.25) is 0 Å². The lowest BCUT2D eigenvalue weighted by Gasteiger charge is -1.96. The van der Waals surface area contributed by atoms with Gasteiger partial charge in [-0.05, 0) is 0 Å². The fourth-order valence-electron chi connectivity index (χ4n) is 0.399. The van der Waals surface area contributed by atoms with Crippen molar-refractivity contribution in [2.24, 2.45) is 0 Å². The van der Waals surface area contributed by atoms with Gasteiger partial charge in [-0.1, -0.05) is 12.7 Å². The van der Waals surface area contributed by atoms with Crippen LogP contribution >= 0.6 is 0 Å². The average molecular weight is 126 g/mol. The smallest absolute Gasteiger partial charge is 0.403 e. The van der Waals surface area contributed by atoms with Gasteiger partial charge in [-0.15, -0.1) is 5.92 Å². The van der Waals surface area contributed by atoms with Gasteiger partial charge in [0, 0.05) is 20.6 Å². The minimum atomic E-state index is -0.357. The van der Waals surface area contributed by atoms with Crippen molar-refractivity contribution < 1.29 is 9.31 Å². The summed E-state index contributed by atoms with van der Waals surface area (Å²) in [6.07, 6.45) is 0.837. The van der Waals surface area contributed by atoms with E-state index in [2.05, 4.69) is 11.7 Å². The normalized spacial score (nSPS) is 7.89. The van der Waals surface area contributed by atoms with Crippen molar-refractivity contribution in [2.75, 3.05) is 14.2 Å². The molecule has 0 saturated carbocycles. The molecule has 0 bridgehead atoms. The van der Waals surface area contributed by atoms with Gasteiger partial charge in [-0.25, -0.2) is 0 Å². The van der Waals surface area contributed by atoms with Crippen LogP contribution in [0.3, 0.4) is 0 Å². The summed E-state index contributed by atoms with van der Waals surface area (Å²) in [5.41, 5.74) is 0. The van der Waals surface area contributed by atoms with E-state index in [1.54, 1.807) is 14.2 Å². The molecule has 50 valence electrons. The molecule has 9 heavy (non-hydrogen) atoms. The summed E-state index contributed by atoms with van der Waals surface area (Å²) in [5.74, 6) is 5.62. The quantitative estimate of drug-likeness (QED) is 0.400. The summed E-state index contributed by atoms with van der Waals surface area (Å²) in [6.45, 7) is 1.98. The van der Waals surface area contributed by atoms with Crippen LogP contribution in [-0.2, 0) is 9.31 Å². The maximum absolute atomic E-state index is 4.81. The van der Waals surface area contributed by atoms with Crippen LogP contribution in [0.25, 0.3) is 0 Å². The highest BCUT2D eigenvalue weighted by atomic mass is 16.6. The molecule has 0 aromatic rings. The monoisotopic (exact) mass is 126 g/mol. The average Bonchev–Trinajstić information content (AvgIpc) is 1.91. The Labute approximate surface area is 56.7 Å². The molecular weight excluding hydrogens is 115 g/mol. The summed E-state index contributed by atoms with van der Waals surface area (Å²) in [5, 5.41) is 0. The zero-order chi connectivity index (χ0) is 7.11. The third-order valence-electron chi connectivity index (χ3n) is 0.825. The van der Waals surface area contributed by atoms with E-state index in [1.807, 2.05) is 6.92 Å². The van der Waals surface area contributed by atoms with E-state index in [0.29, 0.717) is 0 Å². The Morgan fingerprint density at radius 2 is 1.89 bits per heavy atom. The molecule has 0 atom stereocenters. The van der Waals surface area contributed by atoms with E-state index >= 15 is 0 Å². The highest BCUT2D eigenvalue weighted by Crippen LogP contribution is 1.80. The second-order valence-electron chi connectivity index (χ2n) is 1.48. The largest absolute Gasteiger partial charge is 0.549 e. The van der Waals surface area contributed by atoms with Crippen LogP contribution in [0.4, 0.5) is 0 Å². The van der Waals surface area contributed by atoms with Crippen molar-refractivity contribution in [3.63, 3.8) is 0 Å². The van der Waals surface area contributed by atoms with Gasteiger partial charge in [0.25, 0.3) is 0 Å². The minimum Gasteiger partial charge on any atom is -0.403 e. The fourth-order valence-corrected chi connectivity index (χ4v) is 0.399. The van der Waals surface area contributed by atoms with Crippen LogP contribution in [0.5, 0.6) is 0 Å². The molecule has 0 aliphatic rings. The van der Waals surface area contributed by atoms with Gasteiger partial charge in [0.05, 0.1) is 0 Å². The van der Waals surface area contributed by atoms with Gasteiger partial charge >= 0.3 is 7.12 Å². The van der Waals surface area contributed by atoms with Gasteiger partial charge < -0.3 is 9.31 Å². The third-order valence-corrected chi connectivity index (χ3v) is 0.825. The second-order valence-corrected chi connectivity index (χ2v) is 1.48. The summed E-state index contributed by atoms with van der Waals surface area (Å²) < 4.78 is 9.61. The van der Waals surface area contributed by atoms with Crippen LogP contribution in [0.1, 0.15) is 13.3 Å². The topological polar surface area (TPSA) is 18.5 Å². The van der Waals surface area contributed by atoms with E-state index in [4.69, 9.17) is 9.31 Å². The summed E-state index contributed by atoms with van der Waals surface area (Å²) >= 11 is 0. The maximum atomic E-state index is 4.81. The molecule has 2 nitrogen and oxygen atoms in total. The minimum absolute atomic E-state index is 0.357. The molecule has 0 spiro atoms. The van der Waals surface area contributed by atoms with Crippen LogP contribution in [0, 0.1) is 11.7 Å². The summed E-state index contributed by atoms with van der Waals surface area (Å²) in [6, 6.07) is 0. The first-order valence-corrected chi connectivity index (χ1v) is 2.89. The van der Waals surface area contributed by atoms with Crippen molar-refractivity contribution in [1.29, 1.82) is 0 Å². The Hall–Kier alpha value is -0.455. The molecule has 0 saturated heterocycles. The van der Waals surface area contributed by atoms with Gasteiger partial charge in [0.1, 0.15) is 0 Å². The molecule has 0 aromatic carbocycles. The molecule has 3 heteroatoms. The summed E-state index contributed by atoms with van der Waals surface area (Å²) in [7, 11) is 2.78. The third kappa shape index (κ3) is 4.08. The van der Waals surface area contributed by atoms with Gasteiger partial charge in [-0.2, -0.15) is 0 Å². The molecule has 0 amide bonds. The van der Waals surface area contributed by atoms with Gasteiger partial charge in [0.15, 0.2) is 0 Å². The lowest BCUT2D eigenvalue weighted by Crippen LogP contribution is -2.16. The Kier molecular flexibility index (Phi) is 5.39. The Morgan fingerprint density at radius 3 is 2.22 bits per heavy atom. The highest BCUT2D eigenvalue weighted by Gasteiger charge is 2.07. The zero-order valence-corrected chi connectivity index (χ0v) is 6.10. The zero-order valence-electron chi connectivity index (χ0n) is 6.10. The fraction of sp³-hybridized carbons (Fsp3) is 0.667. The molecule has 0 heterocycles. The van der Waals surface area contributed by atoms with E-state index in [-0.39, 0.29) is 7.12 Å². The first kappa shape index (κ1) is 8.54. The van der Waals surface area contributed by atoms with Crippen molar-refractivity contribution in [2.45, 2.75) is 13.3 Å². The molecule has 0 unspecified atom stereocenters. The lowest BCUT2D eigenvalue weighted by atomic mass is 9.92. The van der Waals surface area contributed by atoms with Crippen LogP contribution in [0.2, 0.25) is 0 Å². The van der Waals surface area contributed by atoms with Crippen LogP contribution in [0.15, 0.2) is 0 Å². The van der Waals surface area contributed by atoms with E-state index in [9.17, 15) is 0 Å². The molecular formula is C6H11BO2. The molecule has 0 fully saturated rings. The van der Waals surface area contributed by atoms with Crippen molar-refractivity contribution >= 4 is 7.12 Å².